The highest BCUT2D eigenvalue weighted by Crippen LogP contribution is 2.10. The van der Waals surface area contributed by atoms with E-state index in [0.29, 0.717) is 12.4 Å². The number of nitrogens with one attached hydrogen (secondary N) is 2. The third-order valence-electron chi connectivity index (χ3n) is 3.09. The number of aliphatic imine (C=N–C) groups is 1. The van der Waals surface area contributed by atoms with Crippen molar-refractivity contribution in [2.45, 2.75) is 39.2 Å². The minimum atomic E-state index is -2.85. The Morgan fingerprint density at radius 2 is 2.10 bits per heavy atom. The van der Waals surface area contributed by atoms with Gasteiger partial charge in [0, 0.05) is 32.3 Å². The SMILES string of the molecule is CCNC(=NCCCCOCC)NC1CCS(=O)(=O)C1.I. The van der Waals surface area contributed by atoms with E-state index in [2.05, 4.69) is 15.6 Å². The molecule has 1 atom stereocenters. The van der Waals surface area contributed by atoms with Gasteiger partial charge in [0.15, 0.2) is 15.8 Å². The number of hydrogen-bond donors (Lipinski definition) is 2. The van der Waals surface area contributed by atoms with Gasteiger partial charge in [0.05, 0.1) is 11.5 Å². The number of halogens is 1. The molecule has 1 saturated heterocycles. The number of guanidine groups is 1. The van der Waals surface area contributed by atoms with Crippen molar-refractivity contribution in [3.05, 3.63) is 0 Å². The van der Waals surface area contributed by atoms with Crippen LogP contribution in [0.1, 0.15) is 33.1 Å². The van der Waals surface area contributed by atoms with E-state index in [4.69, 9.17) is 4.74 Å². The largest absolute Gasteiger partial charge is 0.382 e. The predicted octanol–water partition coefficient (Wildman–Crippen LogP) is 1.16. The first-order valence-electron chi connectivity index (χ1n) is 7.40. The van der Waals surface area contributed by atoms with Crippen LogP contribution in [0, 0.1) is 0 Å². The molecule has 6 nitrogen and oxygen atoms in total. The molecule has 0 spiro atoms. The molecule has 126 valence electrons. The Hall–Kier alpha value is -0.0900. The number of sulfone groups is 1. The Bertz CT molecular complexity index is 401. The van der Waals surface area contributed by atoms with Crippen molar-refractivity contribution in [2.75, 3.05) is 37.8 Å². The minimum Gasteiger partial charge on any atom is -0.382 e. The van der Waals surface area contributed by atoms with Crippen molar-refractivity contribution in [1.82, 2.24) is 10.6 Å². The van der Waals surface area contributed by atoms with E-state index in [1.807, 2.05) is 13.8 Å². The Labute approximate surface area is 145 Å². The van der Waals surface area contributed by atoms with E-state index in [9.17, 15) is 8.42 Å². The van der Waals surface area contributed by atoms with Crippen molar-refractivity contribution in [3.63, 3.8) is 0 Å². The van der Waals surface area contributed by atoms with Crippen LogP contribution in [-0.4, -0.2) is 58.2 Å². The van der Waals surface area contributed by atoms with Gasteiger partial charge in [0.2, 0.25) is 0 Å². The summed E-state index contributed by atoms with van der Waals surface area (Å²) in [6.45, 7) is 7.01. The molecule has 1 fully saturated rings. The van der Waals surface area contributed by atoms with Crippen LogP contribution >= 0.6 is 24.0 Å². The van der Waals surface area contributed by atoms with Gasteiger partial charge in [-0.2, -0.15) is 0 Å². The fourth-order valence-electron chi connectivity index (χ4n) is 2.07. The molecule has 0 bridgehead atoms. The van der Waals surface area contributed by atoms with E-state index in [0.717, 1.165) is 39.1 Å². The standard InChI is InChI=1S/C13H27N3O3S.HI/c1-3-14-13(15-8-5-6-9-19-4-2)16-12-7-10-20(17,18)11-12;/h12H,3-11H2,1-2H3,(H2,14,15,16);1H. The highest BCUT2D eigenvalue weighted by Gasteiger charge is 2.28. The van der Waals surface area contributed by atoms with Crippen LogP contribution < -0.4 is 10.6 Å². The van der Waals surface area contributed by atoms with Crippen LogP contribution in [0.25, 0.3) is 0 Å². The molecule has 1 heterocycles. The Balaban J connectivity index is 0.00000400. The average Bonchev–Trinajstić information content (AvgIpc) is 2.73. The molecule has 1 aliphatic rings. The maximum Gasteiger partial charge on any atom is 0.191 e. The van der Waals surface area contributed by atoms with E-state index in [-0.39, 0.29) is 41.5 Å². The molecule has 0 aromatic carbocycles. The zero-order valence-electron chi connectivity index (χ0n) is 12.9. The van der Waals surface area contributed by atoms with Gasteiger partial charge < -0.3 is 15.4 Å². The van der Waals surface area contributed by atoms with Crippen LogP contribution in [0.4, 0.5) is 0 Å². The topological polar surface area (TPSA) is 79.8 Å². The molecule has 2 N–H and O–H groups in total. The third kappa shape index (κ3) is 9.51. The molecule has 0 aliphatic carbocycles. The monoisotopic (exact) mass is 433 g/mol. The first-order chi connectivity index (χ1) is 9.57. The number of unbranched alkanes of at least 4 members (excludes halogenated alkanes) is 1. The molecule has 0 saturated carbocycles. The summed E-state index contributed by atoms with van der Waals surface area (Å²) >= 11 is 0. The summed E-state index contributed by atoms with van der Waals surface area (Å²) in [7, 11) is -2.85. The molecule has 1 unspecified atom stereocenters. The normalized spacial score (nSPS) is 20.9. The van der Waals surface area contributed by atoms with E-state index >= 15 is 0 Å². The summed E-state index contributed by atoms with van der Waals surface area (Å²) < 4.78 is 28.1. The van der Waals surface area contributed by atoms with Gasteiger partial charge in [0.1, 0.15) is 0 Å². The summed E-state index contributed by atoms with van der Waals surface area (Å²) in [6, 6.07) is -0.0128. The molecular formula is C13H28IN3O3S. The van der Waals surface area contributed by atoms with Gasteiger partial charge >= 0.3 is 0 Å². The van der Waals surface area contributed by atoms with E-state index < -0.39 is 9.84 Å². The summed E-state index contributed by atoms with van der Waals surface area (Å²) in [5.41, 5.74) is 0. The first kappa shape index (κ1) is 20.9. The van der Waals surface area contributed by atoms with Crippen LogP contribution in [0.3, 0.4) is 0 Å². The van der Waals surface area contributed by atoms with Crippen LogP contribution in [0.2, 0.25) is 0 Å². The summed E-state index contributed by atoms with van der Waals surface area (Å²) in [6.07, 6.45) is 2.63. The number of nitrogens with zero attached hydrogens (tertiary/aromatic N) is 1. The second-order valence-electron chi connectivity index (χ2n) is 4.91. The van der Waals surface area contributed by atoms with Gasteiger partial charge in [0.25, 0.3) is 0 Å². The van der Waals surface area contributed by atoms with E-state index in [1.54, 1.807) is 0 Å². The third-order valence-corrected chi connectivity index (χ3v) is 4.86. The number of hydrogen-bond acceptors (Lipinski definition) is 4. The summed E-state index contributed by atoms with van der Waals surface area (Å²) in [5, 5.41) is 6.35. The smallest absolute Gasteiger partial charge is 0.191 e. The molecule has 0 aromatic heterocycles. The zero-order valence-corrected chi connectivity index (χ0v) is 16.1. The van der Waals surface area contributed by atoms with Crippen LogP contribution in [-0.2, 0) is 14.6 Å². The molecule has 1 rings (SSSR count). The maximum absolute atomic E-state index is 11.4. The Kier molecular flexibility index (Phi) is 11.4. The number of rotatable bonds is 8. The molecule has 0 radical (unpaired) electrons. The maximum atomic E-state index is 11.4. The second-order valence-corrected chi connectivity index (χ2v) is 7.14. The summed E-state index contributed by atoms with van der Waals surface area (Å²) in [4.78, 5) is 4.47. The van der Waals surface area contributed by atoms with Crippen molar-refractivity contribution >= 4 is 39.8 Å². The van der Waals surface area contributed by atoms with Gasteiger partial charge in [-0.1, -0.05) is 0 Å². The highest BCUT2D eigenvalue weighted by atomic mass is 127. The molecule has 1 aliphatic heterocycles. The Morgan fingerprint density at radius 3 is 2.67 bits per heavy atom. The zero-order chi connectivity index (χ0) is 14.8. The van der Waals surface area contributed by atoms with Gasteiger partial charge in [-0.3, -0.25) is 4.99 Å². The highest BCUT2D eigenvalue weighted by molar-refractivity contribution is 14.0. The average molecular weight is 433 g/mol. The van der Waals surface area contributed by atoms with Crippen molar-refractivity contribution in [1.29, 1.82) is 0 Å². The van der Waals surface area contributed by atoms with E-state index in [1.165, 1.54) is 0 Å². The van der Waals surface area contributed by atoms with Crippen LogP contribution in [0.15, 0.2) is 4.99 Å². The quantitative estimate of drug-likeness (QED) is 0.260. The minimum absolute atomic E-state index is 0. The molecule has 8 heteroatoms. The fourth-order valence-corrected chi connectivity index (χ4v) is 3.75. The number of ether oxygens (including phenoxy) is 1. The molecular weight excluding hydrogens is 405 g/mol. The lowest BCUT2D eigenvalue weighted by atomic mass is 10.3. The van der Waals surface area contributed by atoms with Crippen LogP contribution in [0.5, 0.6) is 0 Å². The first-order valence-corrected chi connectivity index (χ1v) is 9.22. The van der Waals surface area contributed by atoms with Gasteiger partial charge in [-0.05, 0) is 33.1 Å². The van der Waals surface area contributed by atoms with Gasteiger partial charge in [-0.15, -0.1) is 24.0 Å². The van der Waals surface area contributed by atoms with Crippen molar-refractivity contribution < 1.29 is 13.2 Å². The lowest BCUT2D eigenvalue weighted by molar-refractivity contribution is 0.144. The molecule has 0 amide bonds. The van der Waals surface area contributed by atoms with Gasteiger partial charge in [-0.25, -0.2) is 8.42 Å². The predicted molar refractivity (Wildman–Crippen MR) is 97.3 cm³/mol. The molecule has 0 aromatic rings. The van der Waals surface area contributed by atoms with Crippen molar-refractivity contribution in [2.24, 2.45) is 4.99 Å². The second kappa shape index (κ2) is 11.5. The van der Waals surface area contributed by atoms with Crippen molar-refractivity contribution in [3.8, 4) is 0 Å². The molecule has 21 heavy (non-hydrogen) atoms. The fraction of sp³-hybridized carbons (Fsp3) is 0.923. The lowest BCUT2D eigenvalue weighted by Gasteiger charge is -2.15. The Morgan fingerprint density at radius 1 is 1.33 bits per heavy atom. The summed E-state index contributed by atoms with van der Waals surface area (Å²) in [5.74, 6) is 1.20. The lowest BCUT2D eigenvalue weighted by Crippen LogP contribution is -2.44.